The summed E-state index contributed by atoms with van der Waals surface area (Å²) in [5.41, 5.74) is 0. The number of sulfonamides is 1. The molecule has 6 nitrogen and oxygen atoms in total. The highest BCUT2D eigenvalue weighted by molar-refractivity contribution is 7.89. The Morgan fingerprint density at radius 2 is 1.82 bits per heavy atom. The second-order valence-corrected chi connectivity index (χ2v) is 7.96. The van der Waals surface area contributed by atoms with Crippen molar-refractivity contribution in [1.29, 1.82) is 0 Å². The molecule has 1 saturated heterocycles. The minimum Gasteiger partial charge on any atom is -0.354 e. The summed E-state index contributed by atoms with van der Waals surface area (Å²) in [5, 5.41) is 0. The first-order valence-corrected chi connectivity index (χ1v) is 9.45. The van der Waals surface area contributed by atoms with Gasteiger partial charge in [-0.3, -0.25) is 0 Å². The van der Waals surface area contributed by atoms with Crippen molar-refractivity contribution >= 4 is 15.8 Å². The number of nitrogens with one attached hydrogen (secondary N) is 1. The van der Waals surface area contributed by atoms with Crippen molar-refractivity contribution < 1.29 is 8.42 Å². The lowest BCUT2D eigenvalue weighted by atomic mass is 10.3. The first-order chi connectivity index (χ1) is 10.5. The summed E-state index contributed by atoms with van der Waals surface area (Å²) in [6.07, 6.45) is 5.56. The van der Waals surface area contributed by atoms with Gasteiger partial charge < -0.3 is 9.80 Å². The van der Waals surface area contributed by atoms with E-state index < -0.39 is 10.0 Å². The Bertz CT molecular complexity index is 588. The van der Waals surface area contributed by atoms with Crippen molar-refractivity contribution in [3.8, 4) is 0 Å². The quantitative estimate of drug-likeness (QED) is 0.897. The van der Waals surface area contributed by atoms with Gasteiger partial charge in [0.2, 0.25) is 10.0 Å². The summed E-state index contributed by atoms with van der Waals surface area (Å²) in [7, 11) is -1.33. The molecule has 1 aromatic rings. The molecule has 0 atom stereocenters. The topological polar surface area (TPSA) is 65.5 Å². The molecule has 2 aliphatic rings. The molecule has 2 heterocycles. The largest absolute Gasteiger partial charge is 0.354 e. The first kappa shape index (κ1) is 15.7. The summed E-state index contributed by atoms with van der Waals surface area (Å²) in [6.45, 7) is 3.86. The van der Waals surface area contributed by atoms with Crippen LogP contribution in [-0.2, 0) is 10.0 Å². The van der Waals surface area contributed by atoms with E-state index in [0.29, 0.717) is 0 Å². The molecule has 7 heteroatoms. The van der Waals surface area contributed by atoms with Crippen molar-refractivity contribution in [1.82, 2.24) is 14.6 Å². The third-order valence-electron chi connectivity index (χ3n) is 4.54. The monoisotopic (exact) mass is 324 g/mol. The van der Waals surface area contributed by atoms with E-state index >= 15 is 0 Å². The second-order valence-electron chi connectivity index (χ2n) is 6.25. The zero-order valence-corrected chi connectivity index (χ0v) is 13.8. The molecule has 0 unspecified atom stereocenters. The molecule has 122 valence electrons. The maximum absolute atomic E-state index is 12.3. The van der Waals surface area contributed by atoms with E-state index in [0.717, 1.165) is 57.7 Å². The number of nitrogens with zero attached hydrogens (tertiary/aromatic N) is 3. The van der Waals surface area contributed by atoms with E-state index in [2.05, 4.69) is 26.6 Å². The predicted octanol–water partition coefficient (Wildman–Crippen LogP) is 1.05. The average molecular weight is 324 g/mol. The number of likely N-dealkylation sites (N-methyl/N-ethyl adjacent to an activating group) is 1. The van der Waals surface area contributed by atoms with Crippen LogP contribution >= 0.6 is 0 Å². The van der Waals surface area contributed by atoms with Crippen LogP contribution in [0.3, 0.4) is 0 Å². The van der Waals surface area contributed by atoms with Crippen LogP contribution in [0.5, 0.6) is 0 Å². The second kappa shape index (κ2) is 6.52. The average Bonchev–Trinajstić information content (AvgIpc) is 3.00. The molecule has 3 rings (SSSR count). The molecule has 0 radical (unpaired) electrons. The summed E-state index contributed by atoms with van der Waals surface area (Å²) >= 11 is 0. The Morgan fingerprint density at radius 3 is 2.41 bits per heavy atom. The Hall–Kier alpha value is -1.18. The molecular formula is C15H24N4O2S. The lowest BCUT2D eigenvalue weighted by Gasteiger charge is -2.33. The van der Waals surface area contributed by atoms with Crippen LogP contribution in [0.15, 0.2) is 23.2 Å². The summed E-state index contributed by atoms with van der Waals surface area (Å²) in [5.74, 6) is 0.855. The van der Waals surface area contributed by atoms with E-state index in [-0.39, 0.29) is 10.9 Å². The Kier molecular flexibility index (Phi) is 4.65. The maximum Gasteiger partial charge on any atom is 0.242 e. The molecule has 2 fully saturated rings. The van der Waals surface area contributed by atoms with Crippen LogP contribution in [0.4, 0.5) is 5.82 Å². The Morgan fingerprint density at radius 1 is 1.14 bits per heavy atom. The van der Waals surface area contributed by atoms with E-state index in [9.17, 15) is 8.42 Å². The standard InChI is InChI=1S/C15H24N4O2S/c1-18-8-10-19(11-9-18)15-7-6-14(12-16-15)22(20,21)17-13-4-2-3-5-13/h6-7,12-13,17H,2-5,8-11H2,1H3. The van der Waals surface area contributed by atoms with Crippen molar-refractivity contribution in [3.63, 3.8) is 0 Å². The van der Waals surface area contributed by atoms with E-state index in [1.165, 1.54) is 6.20 Å². The first-order valence-electron chi connectivity index (χ1n) is 7.96. The number of aromatic nitrogens is 1. The number of anilines is 1. The third-order valence-corrected chi connectivity index (χ3v) is 6.04. The number of piperazine rings is 1. The van der Waals surface area contributed by atoms with Gasteiger partial charge in [-0.15, -0.1) is 0 Å². The van der Waals surface area contributed by atoms with Crippen LogP contribution in [0.1, 0.15) is 25.7 Å². The molecule has 1 saturated carbocycles. The van der Waals surface area contributed by atoms with Crippen LogP contribution in [0.25, 0.3) is 0 Å². The molecule has 0 aromatic carbocycles. The van der Waals surface area contributed by atoms with Crippen LogP contribution < -0.4 is 9.62 Å². The summed E-state index contributed by atoms with van der Waals surface area (Å²) in [6, 6.07) is 3.56. The van der Waals surface area contributed by atoms with Gasteiger partial charge in [0.15, 0.2) is 0 Å². The van der Waals surface area contributed by atoms with Gasteiger partial charge in [0.05, 0.1) is 0 Å². The van der Waals surface area contributed by atoms with Gasteiger partial charge in [-0.1, -0.05) is 12.8 Å². The van der Waals surface area contributed by atoms with Crippen molar-refractivity contribution in [2.75, 3.05) is 38.1 Å². The fourth-order valence-corrected chi connectivity index (χ4v) is 4.33. The molecule has 1 aromatic heterocycles. The minimum absolute atomic E-state index is 0.0855. The van der Waals surface area contributed by atoms with Gasteiger partial charge in [0.1, 0.15) is 10.7 Å². The molecule has 1 N–H and O–H groups in total. The summed E-state index contributed by atoms with van der Waals surface area (Å²) in [4.78, 5) is 9.09. The normalized spacial score (nSPS) is 21.4. The van der Waals surface area contributed by atoms with Crippen molar-refractivity contribution in [2.45, 2.75) is 36.6 Å². The highest BCUT2D eigenvalue weighted by Crippen LogP contribution is 2.21. The van der Waals surface area contributed by atoms with E-state index in [1.807, 2.05) is 6.07 Å². The summed E-state index contributed by atoms with van der Waals surface area (Å²) < 4.78 is 27.5. The third kappa shape index (κ3) is 3.59. The fraction of sp³-hybridized carbons (Fsp3) is 0.667. The van der Waals surface area contributed by atoms with Crippen LogP contribution in [0.2, 0.25) is 0 Å². The van der Waals surface area contributed by atoms with E-state index in [4.69, 9.17) is 0 Å². The lowest BCUT2D eigenvalue weighted by molar-refractivity contribution is 0.312. The van der Waals surface area contributed by atoms with Gasteiger partial charge in [-0.2, -0.15) is 0 Å². The predicted molar refractivity (Wildman–Crippen MR) is 86.5 cm³/mol. The van der Waals surface area contributed by atoms with Crippen LogP contribution in [0, 0.1) is 0 Å². The number of hydrogen-bond acceptors (Lipinski definition) is 5. The smallest absolute Gasteiger partial charge is 0.242 e. The molecular weight excluding hydrogens is 300 g/mol. The highest BCUT2D eigenvalue weighted by Gasteiger charge is 2.23. The highest BCUT2D eigenvalue weighted by atomic mass is 32.2. The van der Waals surface area contributed by atoms with E-state index in [1.54, 1.807) is 6.07 Å². The SMILES string of the molecule is CN1CCN(c2ccc(S(=O)(=O)NC3CCCC3)cn2)CC1. The molecule has 1 aliphatic carbocycles. The Balaban J connectivity index is 1.67. The lowest BCUT2D eigenvalue weighted by Crippen LogP contribution is -2.44. The van der Waals surface area contributed by atoms with Gasteiger partial charge in [-0.25, -0.2) is 18.1 Å². The molecule has 0 amide bonds. The van der Waals surface area contributed by atoms with Gasteiger partial charge in [0.25, 0.3) is 0 Å². The molecule has 22 heavy (non-hydrogen) atoms. The maximum atomic E-state index is 12.3. The van der Waals surface area contributed by atoms with Crippen molar-refractivity contribution in [3.05, 3.63) is 18.3 Å². The number of pyridine rings is 1. The molecule has 1 aliphatic heterocycles. The van der Waals surface area contributed by atoms with Gasteiger partial charge >= 0.3 is 0 Å². The zero-order valence-electron chi connectivity index (χ0n) is 13.0. The van der Waals surface area contributed by atoms with Gasteiger partial charge in [-0.05, 0) is 32.0 Å². The van der Waals surface area contributed by atoms with Crippen molar-refractivity contribution in [2.24, 2.45) is 0 Å². The Labute approximate surface area is 132 Å². The molecule has 0 bridgehead atoms. The number of hydrogen-bond donors (Lipinski definition) is 1. The zero-order chi connectivity index (χ0) is 15.6. The molecule has 0 spiro atoms. The fourth-order valence-electron chi connectivity index (χ4n) is 3.09. The minimum atomic E-state index is -3.44. The van der Waals surface area contributed by atoms with Gasteiger partial charge in [0, 0.05) is 38.4 Å². The van der Waals surface area contributed by atoms with Crippen LogP contribution in [-0.4, -0.2) is 57.6 Å². The number of rotatable bonds is 4.